The summed E-state index contributed by atoms with van der Waals surface area (Å²) in [7, 11) is 0. The second-order valence-electron chi connectivity index (χ2n) is 7.22. The molecule has 144 valence electrons. The molecule has 0 radical (unpaired) electrons. The Kier molecular flexibility index (Phi) is 5.56. The maximum atomic E-state index is 6.06. The molecule has 4 heteroatoms. The lowest BCUT2D eigenvalue weighted by Gasteiger charge is -2.12. The molecule has 3 aromatic rings. The molecule has 4 rings (SSSR count). The van der Waals surface area contributed by atoms with Crippen molar-refractivity contribution in [1.29, 1.82) is 0 Å². The summed E-state index contributed by atoms with van der Waals surface area (Å²) in [5.41, 5.74) is 5.42. The fraction of sp³-hybridized carbons (Fsp3) is 0.333. The van der Waals surface area contributed by atoms with Crippen LogP contribution in [0.5, 0.6) is 5.88 Å². The Morgan fingerprint density at radius 2 is 1.89 bits per heavy atom. The van der Waals surface area contributed by atoms with Crippen LogP contribution in [0.15, 0.2) is 40.8 Å². The number of fused-ring (bicyclic) bond motifs is 1. The minimum Gasteiger partial charge on any atom is -0.472 e. The number of oxazole rings is 1. The Morgan fingerprint density at radius 1 is 1.07 bits per heavy atom. The van der Waals surface area contributed by atoms with E-state index in [-0.39, 0.29) is 0 Å². The average Bonchev–Trinajstić information content (AvgIpc) is 3.15. The number of benzene rings is 1. The maximum Gasteiger partial charge on any atom is 0.221 e. The van der Waals surface area contributed by atoms with Crippen LogP contribution in [0, 0.1) is 6.92 Å². The van der Waals surface area contributed by atoms with Crippen molar-refractivity contribution in [3.63, 3.8) is 0 Å². The van der Waals surface area contributed by atoms with Crippen LogP contribution in [-0.4, -0.2) is 9.97 Å². The third-order valence-corrected chi connectivity index (χ3v) is 5.18. The number of pyridine rings is 1. The first-order valence-corrected chi connectivity index (χ1v) is 10.1. The van der Waals surface area contributed by atoms with E-state index >= 15 is 0 Å². The molecule has 0 aliphatic heterocycles. The zero-order chi connectivity index (χ0) is 19.3. The summed E-state index contributed by atoms with van der Waals surface area (Å²) in [4.78, 5) is 9.35. The molecule has 4 nitrogen and oxygen atoms in total. The molecule has 0 spiro atoms. The van der Waals surface area contributed by atoms with Crippen LogP contribution in [-0.2, 0) is 25.9 Å². The van der Waals surface area contributed by atoms with Crippen LogP contribution in [0.3, 0.4) is 0 Å². The SMILES string of the molecule is CCc1cc(/C=C/c2nc3c(o2)CCCC3)c(OCc2ccccc2)nc1C. The van der Waals surface area contributed by atoms with Gasteiger partial charge in [0.25, 0.3) is 0 Å². The topological polar surface area (TPSA) is 48.2 Å². The number of hydrogen-bond donors (Lipinski definition) is 0. The molecule has 0 unspecified atom stereocenters. The smallest absolute Gasteiger partial charge is 0.221 e. The molecule has 0 saturated heterocycles. The number of nitrogens with zero attached hydrogens (tertiary/aromatic N) is 2. The summed E-state index contributed by atoms with van der Waals surface area (Å²) in [6.07, 6.45) is 9.26. The van der Waals surface area contributed by atoms with Crippen molar-refractivity contribution in [2.24, 2.45) is 0 Å². The molecule has 2 aromatic heterocycles. The molecule has 28 heavy (non-hydrogen) atoms. The predicted octanol–water partition coefficient (Wildman–Crippen LogP) is 5.57. The van der Waals surface area contributed by atoms with Crippen molar-refractivity contribution < 1.29 is 9.15 Å². The van der Waals surface area contributed by atoms with Gasteiger partial charge in [0.15, 0.2) is 0 Å². The van der Waals surface area contributed by atoms with Gasteiger partial charge in [0.1, 0.15) is 12.4 Å². The van der Waals surface area contributed by atoms with Crippen LogP contribution < -0.4 is 4.74 Å². The molecule has 0 amide bonds. The van der Waals surface area contributed by atoms with Gasteiger partial charge >= 0.3 is 0 Å². The summed E-state index contributed by atoms with van der Waals surface area (Å²) in [6.45, 7) is 4.67. The molecule has 2 heterocycles. The molecule has 1 aliphatic rings. The Morgan fingerprint density at radius 3 is 2.68 bits per heavy atom. The maximum absolute atomic E-state index is 6.06. The van der Waals surface area contributed by atoms with Crippen molar-refractivity contribution >= 4 is 12.2 Å². The van der Waals surface area contributed by atoms with Crippen molar-refractivity contribution in [2.45, 2.75) is 52.6 Å². The number of aromatic nitrogens is 2. The Balaban J connectivity index is 1.59. The quantitative estimate of drug-likeness (QED) is 0.566. The minimum atomic E-state index is 0.493. The van der Waals surface area contributed by atoms with Gasteiger partial charge < -0.3 is 9.15 Å². The molecule has 0 bridgehead atoms. The molecule has 1 aromatic carbocycles. The molecular formula is C24H26N2O2. The number of rotatable bonds is 6. The van der Waals surface area contributed by atoms with E-state index in [0.717, 1.165) is 47.5 Å². The minimum absolute atomic E-state index is 0.493. The van der Waals surface area contributed by atoms with Gasteiger partial charge in [-0.15, -0.1) is 0 Å². The first-order valence-electron chi connectivity index (χ1n) is 10.1. The van der Waals surface area contributed by atoms with E-state index < -0.39 is 0 Å². The van der Waals surface area contributed by atoms with Crippen molar-refractivity contribution in [3.05, 3.63) is 76.1 Å². The lowest BCUT2D eigenvalue weighted by atomic mass is 10.0. The fourth-order valence-electron chi connectivity index (χ4n) is 3.57. The predicted molar refractivity (Wildman–Crippen MR) is 111 cm³/mol. The van der Waals surface area contributed by atoms with Crippen LogP contribution in [0.4, 0.5) is 0 Å². The van der Waals surface area contributed by atoms with E-state index in [1.54, 1.807) is 0 Å². The average molecular weight is 374 g/mol. The highest BCUT2D eigenvalue weighted by molar-refractivity contribution is 5.69. The summed E-state index contributed by atoms with van der Waals surface area (Å²) < 4.78 is 12.0. The van der Waals surface area contributed by atoms with E-state index in [4.69, 9.17) is 14.1 Å². The highest BCUT2D eigenvalue weighted by Gasteiger charge is 2.16. The zero-order valence-electron chi connectivity index (χ0n) is 16.6. The second kappa shape index (κ2) is 8.42. The summed E-state index contributed by atoms with van der Waals surface area (Å²) >= 11 is 0. The lowest BCUT2D eigenvalue weighted by Crippen LogP contribution is -2.02. The Bertz CT molecular complexity index is 950. The van der Waals surface area contributed by atoms with Gasteiger partial charge in [0, 0.05) is 23.8 Å². The Labute approximate surface area is 166 Å². The zero-order valence-corrected chi connectivity index (χ0v) is 16.6. The van der Waals surface area contributed by atoms with E-state index in [1.807, 2.05) is 37.3 Å². The molecule has 1 aliphatic carbocycles. The second-order valence-corrected chi connectivity index (χ2v) is 7.22. The molecule has 0 fully saturated rings. The molecular weight excluding hydrogens is 348 g/mol. The fourth-order valence-corrected chi connectivity index (χ4v) is 3.57. The van der Waals surface area contributed by atoms with E-state index in [2.05, 4.69) is 30.1 Å². The van der Waals surface area contributed by atoms with Gasteiger partial charge in [-0.1, -0.05) is 37.3 Å². The van der Waals surface area contributed by atoms with Gasteiger partial charge in [-0.2, -0.15) is 0 Å². The Hall–Kier alpha value is -2.88. The first kappa shape index (κ1) is 18.5. The van der Waals surface area contributed by atoms with Crippen LogP contribution in [0.25, 0.3) is 12.2 Å². The van der Waals surface area contributed by atoms with Crippen molar-refractivity contribution in [2.75, 3.05) is 0 Å². The van der Waals surface area contributed by atoms with Crippen molar-refractivity contribution in [3.8, 4) is 5.88 Å². The van der Waals surface area contributed by atoms with Gasteiger partial charge in [0.05, 0.1) is 5.69 Å². The molecule has 0 saturated carbocycles. The molecule has 0 N–H and O–H groups in total. The number of hydrogen-bond acceptors (Lipinski definition) is 4. The monoisotopic (exact) mass is 374 g/mol. The highest BCUT2D eigenvalue weighted by atomic mass is 16.5. The first-order chi connectivity index (χ1) is 13.7. The molecule has 0 atom stereocenters. The number of ether oxygens (including phenoxy) is 1. The van der Waals surface area contributed by atoms with Gasteiger partial charge in [-0.3, -0.25) is 0 Å². The van der Waals surface area contributed by atoms with E-state index in [0.29, 0.717) is 18.4 Å². The van der Waals surface area contributed by atoms with E-state index in [1.165, 1.54) is 18.4 Å². The third-order valence-electron chi connectivity index (χ3n) is 5.18. The van der Waals surface area contributed by atoms with Crippen LogP contribution in [0.1, 0.15) is 59.5 Å². The largest absolute Gasteiger partial charge is 0.472 e. The third kappa shape index (κ3) is 4.16. The van der Waals surface area contributed by atoms with Crippen LogP contribution in [0.2, 0.25) is 0 Å². The summed E-state index contributed by atoms with van der Waals surface area (Å²) in [5, 5.41) is 0. The standard InChI is InChI=1S/C24H26N2O2/c1-3-19-15-20(13-14-23-26-21-11-7-8-12-22(21)28-23)24(25-17(19)2)27-16-18-9-5-4-6-10-18/h4-6,9-10,13-15H,3,7-8,11-12,16H2,1-2H3/b14-13+. The van der Waals surface area contributed by atoms with E-state index in [9.17, 15) is 0 Å². The van der Waals surface area contributed by atoms with Crippen molar-refractivity contribution in [1.82, 2.24) is 9.97 Å². The summed E-state index contributed by atoms with van der Waals surface area (Å²) in [5.74, 6) is 2.35. The normalized spacial score (nSPS) is 13.6. The van der Waals surface area contributed by atoms with Gasteiger partial charge in [-0.05, 0) is 55.9 Å². The number of aryl methyl sites for hydroxylation is 4. The van der Waals surface area contributed by atoms with Gasteiger partial charge in [-0.25, -0.2) is 9.97 Å². The highest BCUT2D eigenvalue weighted by Crippen LogP contribution is 2.26. The van der Waals surface area contributed by atoms with Gasteiger partial charge in [0.2, 0.25) is 11.8 Å². The lowest BCUT2D eigenvalue weighted by molar-refractivity contribution is 0.292. The summed E-state index contributed by atoms with van der Waals surface area (Å²) in [6, 6.07) is 12.3. The van der Waals surface area contributed by atoms with Crippen LogP contribution >= 0.6 is 0 Å².